The van der Waals surface area contributed by atoms with Crippen LogP contribution in [0, 0.1) is 0 Å². The fraction of sp³-hybridized carbons (Fsp3) is 0.286. The zero-order chi connectivity index (χ0) is 18.9. The average molecular weight is 402 g/mol. The highest BCUT2D eigenvalue weighted by molar-refractivity contribution is 7.87. The van der Waals surface area contributed by atoms with E-state index in [1.807, 2.05) is 0 Å². The summed E-state index contributed by atoms with van der Waals surface area (Å²) in [6.07, 6.45) is 0.897. The molecule has 1 aliphatic heterocycles. The monoisotopic (exact) mass is 401 g/mol. The number of hydrogen-bond acceptors (Lipinski definition) is 9. The first kappa shape index (κ1) is 18.3. The van der Waals surface area contributed by atoms with Gasteiger partial charge in [-0.05, 0) is 35.4 Å². The third-order valence-corrected chi connectivity index (χ3v) is 5.17. The van der Waals surface area contributed by atoms with Gasteiger partial charge in [-0.25, -0.2) is 9.42 Å². The number of carbonyl (C=O) groups is 2. The Morgan fingerprint density at radius 1 is 1.46 bits per heavy atom. The molecular weight excluding hydrogens is 390 g/mol. The Hall–Kier alpha value is -2.50. The zero-order valence-corrected chi connectivity index (χ0v) is 14.9. The van der Waals surface area contributed by atoms with E-state index in [1.165, 1.54) is 31.3 Å². The molecule has 1 aliphatic rings. The summed E-state index contributed by atoms with van der Waals surface area (Å²) in [6.45, 7) is 0.923. The van der Waals surface area contributed by atoms with Crippen LogP contribution in [0.3, 0.4) is 0 Å². The first-order valence-corrected chi connectivity index (χ1v) is 9.03. The van der Waals surface area contributed by atoms with Gasteiger partial charge in [0.25, 0.3) is 0 Å². The Morgan fingerprint density at radius 3 is 2.96 bits per heavy atom. The zero-order valence-electron chi connectivity index (χ0n) is 13.3. The highest BCUT2D eigenvalue weighted by Gasteiger charge is 2.33. The van der Waals surface area contributed by atoms with E-state index in [4.69, 9.17) is 20.5 Å². The van der Waals surface area contributed by atoms with Gasteiger partial charge in [0.05, 0.1) is 11.6 Å². The third kappa shape index (κ3) is 3.69. The molecule has 138 valence electrons. The van der Waals surface area contributed by atoms with Gasteiger partial charge in [-0.3, -0.25) is 13.9 Å². The lowest BCUT2D eigenvalue weighted by Crippen LogP contribution is -2.23. The maximum Gasteiger partial charge on any atom is 0.414 e. The fourth-order valence-corrected chi connectivity index (χ4v) is 3.78. The number of amides is 1. The molecule has 3 rings (SSSR count). The van der Waals surface area contributed by atoms with Crippen LogP contribution < -0.4 is 0 Å². The molecule has 0 bridgehead atoms. The van der Waals surface area contributed by atoms with Crippen molar-refractivity contribution in [2.45, 2.75) is 17.9 Å². The minimum absolute atomic E-state index is 0.0293. The highest BCUT2D eigenvalue weighted by atomic mass is 35.5. The van der Waals surface area contributed by atoms with Crippen molar-refractivity contribution >= 4 is 44.6 Å². The number of ether oxygens (including phenoxy) is 1. The molecule has 12 heteroatoms. The molecule has 1 unspecified atom stereocenters. The molecule has 1 aromatic carbocycles. The van der Waals surface area contributed by atoms with Gasteiger partial charge in [0.2, 0.25) is 0 Å². The van der Waals surface area contributed by atoms with Crippen LogP contribution in [0.2, 0.25) is 5.02 Å². The molecule has 2 aromatic rings. The molecule has 1 amide bonds. The second-order valence-electron chi connectivity index (χ2n) is 5.33. The molecule has 0 saturated carbocycles. The van der Waals surface area contributed by atoms with E-state index >= 15 is 0 Å². The van der Waals surface area contributed by atoms with Crippen LogP contribution in [0.25, 0.3) is 11.0 Å². The third-order valence-electron chi connectivity index (χ3n) is 3.38. The first-order chi connectivity index (χ1) is 12.3. The van der Waals surface area contributed by atoms with Crippen LogP contribution in [0.15, 0.2) is 33.9 Å². The number of carbonyl (C=O) groups excluding carboxylic acids is 2. The Morgan fingerprint density at radius 2 is 2.23 bits per heavy atom. The van der Waals surface area contributed by atoms with E-state index in [1.54, 1.807) is 0 Å². The molecule has 1 aromatic heterocycles. The number of benzene rings is 1. The second kappa shape index (κ2) is 7.02. The molecule has 2 heterocycles. The summed E-state index contributed by atoms with van der Waals surface area (Å²) in [5.41, 5.74) is 0.136. The number of cyclic esters (lactones) is 1. The minimum atomic E-state index is -4.31. The molecule has 0 radical (unpaired) electrons. The number of nitrogens with zero attached hydrogens (tertiary/aromatic N) is 3. The number of ketones is 1. The van der Waals surface area contributed by atoms with E-state index in [0.717, 1.165) is 4.90 Å². The highest BCUT2D eigenvalue weighted by Crippen LogP contribution is 2.30. The largest absolute Gasteiger partial charge is 0.441 e. The minimum Gasteiger partial charge on any atom is -0.441 e. The van der Waals surface area contributed by atoms with Gasteiger partial charge >= 0.3 is 16.2 Å². The Labute approximate surface area is 152 Å². The maximum absolute atomic E-state index is 12.5. The number of fused-ring (bicyclic) bond motifs is 1. The van der Waals surface area contributed by atoms with Crippen LogP contribution in [-0.4, -0.2) is 54.8 Å². The van der Waals surface area contributed by atoms with Crippen molar-refractivity contribution in [1.82, 2.24) is 15.2 Å². The molecule has 0 N–H and O–H groups in total. The molecule has 1 atom stereocenters. The van der Waals surface area contributed by atoms with Gasteiger partial charge in [-0.2, -0.15) is 8.42 Å². The topological polar surface area (TPSA) is 129 Å². The van der Waals surface area contributed by atoms with E-state index in [0.29, 0.717) is 0 Å². The summed E-state index contributed by atoms with van der Waals surface area (Å²) in [4.78, 5) is 23.3. The van der Waals surface area contributed by atoms with Crippen molar-refractivity contribution in [2.75, 3.05) is 13.2 Å². The number of halogens is 1. The quantitative estimate of drug-likeness (QED) is 0.522. The van der Waals surface area contributed by atoms with Gasteiger partial charge in [0.1, 0.15) is 23.1 Å². The van der Waals surface area contributed by atoms with Crippen molar-refractivity contribution < 1.29 is 31.6 Å². The van der Waals surface area contributed by atoms with Gasteiger partial charge in [-0.15, -0.1) is 0 Å². The molecule has 26 heavy (non-hydrogen) atoms. The summed E-state index contributed by atoms with van der Waals surface area (Å²) >= 11 is 5.95. The van der Waals surface area contributed by atoms with E-state index < -0.39 is 28.9 Å². The maximum atomic E-state index is 12.5. The fourth-order valence-electron chi connectivity index (χ4n) is 2.21. The van der Waals surface area contributed by atoms with Crippen molar-refractivity contribution in [3.8, 4) is 0 Å². The average Bonchev–Trinajstić information content (AvgIpc) is 3.17. The smallest absolute Gasteiger partial charge is 0.414 e. The Kier molecular flexibility index (Phi) is 4.94. The molecule has 1 fully saturated rings. The number of aromatic nitrogens is 2. The molecule has 10 nitrogen and oxygen atoms in total. The summed E-state index contributed by atoms with van der Waals surface area (Å²) in [7, 11) is -4.31. The van der Waals surface area contributed by atoms with Crippen LogP contribution >= 0.6 is 11.6 Å². The first-order valence-electron chi connectivity index (χ1n) is 7.24. The lowest BCUT2D eigenvalue weighted by atomic mass is 10.3. The molecular formula is C14H12ClN3O7S. The van der Waals surface area contributed by atoms with Gasteiger partial charge in [0.15, 0.2) is 11.3 Å². The summed E-state index contributed by atoms with van der Waals surface area (Å²) < 4.78 is 39.4. The Bertz CT molecular complexity index is 1000. The second-order valence-corrected chi connectivity index (χ2v) is 7.29. The van der Waals surface area contributed by atoms with Crippen LogP contribution in [0.1, 0.15) is 6.92 Å². The van der Waals surface area contributed by atoms with Crippen molar-refractivity contribution in [2.24, 2.45) is 0 Å². The van der Waals surface area contributed by atoms with Crippen LogP contribution in [0.4, 0.5) is 4.79 Å². The van der Waals surface area contributed by atoms with E-state index in [-0.39, 0.29) is 33.3 Å². The standard InChI is InChI=1S/C14H12ClN3O7S/c1-8(19)4-5-18-6-9(24-14(18)20)7-23-26(21,22)13-10(15)2-3-11-12(13)17-25-16-11/h2-5,9H,6-7H2,1H3/b5-4+. The van der Waals surface area contributed by atoms with Gasteiger partial charge in [-0.1, -0.05) is 11.6 Å². The lowest BCUT2D eigenvalue weighted by Gasteiger charge is -2.10. The summed E-state index contributed by atoms with van der Waals surface area (Å²) in [5, 5.41) is 6.97. The van der Waals surface area contributed by atoms with Gasteiger partial charge < -0.3 is 4.74 Å². The van der Waals surface area contributed by atoms with Crippen molar-refractivity contribution in [1.29, 1.82) is 0 Å². The molecule has 1 saturated heterocycles. The van der Waals surface area contributed by atoms with Gasteiger partial charge in [0, 0.05) is 6.20 Å². The predicted molar refractivity (Wildman–Crippen MR) is 86.7 cm³/mol. The van der Waals surface area contributed by atoms with Crippen LogP contribution in [0.5, 0.6) is 0 Å². The Balaban J connectivity index is 1.73. The lowest BCUT2D eigenvalue weighted by molar-refractivity contribution is -0.112. The molecule has 0 spiro atoms. The number of allylic oxidation sites excluding steroid dienone is 1. The SMILES string of the molecule is CC(=O)/C=C/N1CC(COS(=O)(=O)c2c(Cl)ccc3nonc23)OC1=O. The van der Waals surface area contributed by atoms with E-state index in [2.05, 4.69) is 14.9 Å². The van der Waals surface area contributed by atoms with Crippen molar-refractivity contribution in [3.63, 3.8) is 0 Å². The van der Waals surface area contributed by atoms with E-state index in [9.17, 15) is 18.0 Å². The number of hydrogen-bond donors (Lipinski definition) is 0. The summed E-state index contributed by atoms with van der Waals surface area (Å²) in [5.74, 6) is -0.246. The molecule has 0 aliphatic carbocycles. The van der Waals surface area contributed by atoms with Crippen molar-refractivity contribution in [3.05, 3.63) is 29.4 Å². The summed E-state index contributed by atoms with van der Waals surface area (Å²) in [6, 6.07) is 2.78. The normalized spacial score (nSPS) is 18.0. The number of rotatable bonds is 6. The predicted octanol–water partition coefficient (Wildman–Crippen LogP) is 1.50. The van der Waals surface area contributed by atoms with Crippen LogP contribution in [-0.2, 0) is 23.8 Å².